The van der Waals surface area contributed by atoms with Gasteiger partial charge < -0.3 is 15.1 Å². The van der Waals surface area contributed by atoms with E-state index in [0.29, 0.717) is 5.91 Å². The van der Waals surface area contributed by atoms with Crippen LogP contribution in [0, 0.1) is 11.3 Å². The van der Waals surface area contributed by atoms with Gasteiger partial charge in [-0.25, -0.2) is 0 Å². The van der Waals surface area contributed by atoms with Crippen molar-refractivity contribution < 1.29 is 4.79 Å². The smallest absolute Gasteiger partial charge is 0.228 e. The van der Waals surface area contributed by atoms with E-state index in [1.54, 1.807) is 0 Å². The summed E-state index contributed by atoms with van der Waals surface area (Å²) < 4.78 is 0. The molecule has 0 aromatic heterocycles. The third-order valence-electron chi connectivity index (χ3n) is 5.51. The largest absolute Gasteiger partial charge is 0.345 e. The Morgan fingerprint density at radius 3 is 2.37 bits per heavy atom. The van der Waals surface area contributed by atoms with Crippen LogP contribution in [0.15, 0.2) is 0 Å². The standard InChI is InChI=1S/C15H27N3O/c1-17-9-4-15(14(17)19)5-10-18(11-6-15)12-13-2-7-16-8-3-13/h13,16H,2-12H2,1H3. The summed E-state index contributed by atoms with van der Waals surface area (Å²) in [6.45, 7) is 6.85. The minimum Gasteiger partial charge on any atom is -0.345 e. The maximum Gasteiger partial charge on any atom is 0.228 e. The number of amides is 1. The molecule has 3 aliphatic rings. The van der Waals surface area contributed by atoms with E-state index in [-0.39, 0.29) is 5.41 Å². The first kappa shape index (κ1) is 13.4. The molecule has 0 atom stereocenters. The highest BCUT2D eigenvalue weighted by Crippen LogP contribution is 2.41. The molecule has 0 unspecified atom stereocenters. The Balaban J connectivity index is 1.50. The van der Waals surface area contributed by atoms with Crippen LogP contribution in [0.2, 0.25) is 0 Å². The Hall–Kier alpha value is -0.610. The van der Waals surface area contributed by atoms with Gasteiger partial charge in [0, 0.05) is 20.1 Å². The minimum atomic E-state index is 0.0133. The first-order valence-electron chi connectivity index (χ1n) is 7.88. The van der Waals surface area contributed by atoms with Gasteiger partial charge in [0.25, 0.3) is 0 Å². The Labute approximate surface area is 116 Å². The Morgan fingerprint density at radius 2 is 1.79 bits per heavy atom. The van der Waals surface area contributed by atoms with Gasteiger partial charge in [-0.1, -0.05) is 0 Å². The monoisotopic (exact) mass is 265 g/mol. The Morgan fingerprint density at radius 1 is 1.16 bits per heavy atom. The van der Waals surface area contributed by atoms with Gasteiger partial charge in [-0.15, -0.1) is 0 Å². The average molecular weight is 265 g/mol. The predicted molar refractivity (Wildman–Crippen MR) is 76.0 cm³/mol. The summed E-state index contributed by atoms with van der Waals surface area (Å²) in [6, 6.07) is 0. The van der Waals surface area contributed by atoms with Gasteiger partial charge in [0.2, 0.25) is 5.91 Å². The molecule has 0 radical (unpaired) electrons. The van der Waals surface area contributed by atoms with Crippen LogP contribution in [0.3, 0.4) is 0 Å². The molecule has 1 spiro atoms. The molecule has 1 amide bonds. The van der Waals surface area contributed by atoms with Gasteiger partial charge in [0.15, 0.2) is 0 Å². The van der Waals surface area contributed by atoms with E-state index in [0.717, 1.165) is 44.8 Å². The van der Waals surface area contributed by atoms with Crippen molar-refractivity contribution in [2.24, 2.45) is 11.3 Å². The minimum absolute atomic E-state index is 0.0133. The maximum absolute atomic E-state index is 12.3. The third kappa shape index (κ3) is 2.65. The van der Waals surface area contributed by atoms with Gasteiger partial charge in [-0.3, -0.25) is 4.79 Å². The van der Waals surface area contributed by atoms with Gasteiger partial charge >= 0.3 is 0 Å². The van der Waals surface area contributed by atoms with Gasteiger partial charge in [0.1, 0.15) is 0 Å². The fourth-order valence-electron chi connectivity index (χ4n) is 4.05. The molecule has 3 saturated heterocycles. The fourth-order valence-corrected chi connectivity index (χ4v) is 4.05. The summed E-state index contributed by atoms with van der Waals surface area (Å²) in [5.74, 6) is 1.28. The number of likely N-dealkylation sites (tertiary alicyclic amines) is 2. The van der Waals surface area contributed by atoms with E-state index in [4.69, 9.17) is 0 Å². The van der Waals surface area contributed by atoms with E-state index < -0.39 is 0 Å². The van der Waals surface area contributed by atoms with Crippen LogP contribution >= 0.6 is 0 Å². The topological polar surface area (TPSA) is 35.6 Å². The molecule has 4 heteroatoms. The molecule has 0 aromatic carbocycles. The SMILES string of the molecule is CN1CCC2(CCN(CC3CCNCC3)CC2)C1=O. The molecule has 3 aliphatic heterocycles. The van der Waals surface area contributed by atoms with E-state index >= 15 is 0 Å². The number of carbonyl (C=O) groups is 1. The highest BCUT2D eigenvalue weighted by atomic mass is 16.2. The van der Waals surface area contributed by atoms with Crippen molar-refractivity contribution in [1.82, 2.24) is 15.1 Å². The van der Waals surface area contributed by atoms with Crippen molar-refractivity contribution in [2.45, 2.75) is 32.1 Å². The lowest BCUT2D eigenvalue weighted by Gasteiger charge is -2.39. The number of nitrogens with zero attached hydrogens (tertiary/aromatic N) is 2. The van der Waals surface area contributed by atoms with Crippen molar-refractivity contribution in [2.75, 3.05) is 46.3 Å². The summed E-state index contributed by atoms with van der Waals surface area (Å²) in [5, 5.41) is 3.43. The lowest BCUT2D eigenvalue weighted by molar-refractivity contribution is -0.137. The number of hydrogen-bond acceptors (Lipinski definition) is 3. The quantitative estimate of drug-likeness (QED) is 0.807. The molecular formula is C15H27N3O. The number of hydrogen-bond donors (Lipinski definition) is 1. The molecule has 0 aliphatic carbocycles. The second-order valence-corrected chi connectivity index (χ2v) is 6.75. The highest BCUT2D eigenvalue weighted by molar-refractivity contribution is 5.84. The summed E-state index contributed by atoms with van der Waals surface area (Å²) in [4.78, 5) is 16.8. The van der Waals surface area contributed by atoms with Crippen LogP contribution in [0.25, 0.3) is 0 Å². The number of carbonyl (C=O) groups excluding carboxylic acids is 1. The molecular weight excluding hydrogens is 238 g/mol. The van der Waals surface area contributed by atoms with Crippen molar-refractivity contribution in [3.8, 4) is 0 Å². The number of nitrogens with one attached hydrogen (secondary N) is 1. The second kappa shape index (κ2) is 5.41. The highest BCUT2D eigenvalue weighted by Gasteiger charge is 2.46. The van der Waals surface area contributed by atoms with Crippen molar-refractivity contribution in [1.29, 1.82) is 0 Å². The lowest BCUT2D eigenvalue weighted by Crippen LogP contribution is -2.46. The summed E-state index contributed by atoms with van der Waals surface area (Å²) >= 11 is 0. The Kier molecular flexibility index (Phi) is 3.81. The van der Waals surface area contributed by atoms with Gasteiger partial charge in [-0.05, 0) is 64.2 Å². The summed E-state index contributed by atoms with van der Waals surface area (Å²) in [7, 11) is 1.96. The third-order valence-corrected chi connectivity index (χ3v) is 5.51. The maximum atomic E-state index is 12.3. The van der Waals surface area contributed by atoms with Gasteiger partial charge in [-0.2, -0.15) is 0 Å². The normalized spacial score (nSPS) is 29.3. The van der Waals surface area contributed by atoms with Crippen molar-refractivity contribution in [3.63, 3.8) is 0 Å². The van der Waals surface area contributed by atoms with Crippen LogP contribution in [0.5, 0.6) is 0 Å². The fraction of sp³-hybridized carbons (Fsp3) is 0.933. The van der Waals surface area contributed by atoms with E-state index in [1.807, 2.05) is 11.9 Å². The van der Waals surface area contributed by atoms with Crippen LogP contribution in [0.1, 0.15) is 32.1 Å². The second-order valence-electron chi connectivity index (χ2n) is 6.75. The first-order chi connectivity index (χ1) is 9.20. The molecule has 0 saturated carbocycles. The average Bonchev–Trinajstić information content (AvgIpc) is 2.72. The van der Waals surface area contributed by atoms with Crippen LogP contribution in [-0.4, -0.2) is 62.0 Å². The zero-order valence-electron chi connectivity index (χ0n) is 12.2. The molecule has 108 valence electrons. The van der Waals surface area contributed by atoms with Gasteiger partial charge in [0.05, 0.1) is 5.41 Å². The summed E-state index contributed by atoms with van der Waals surface area (Å²) in [6.07, 6.45) is 5.90. The van der Waals surface area contributed by atoms with E-state index in [1.165, 1.54) is 32.5 Å². The predicted octanol–water partition coefficient (Wildman–Crippen LogP) is 0.930. The zero-order valence-corrected chi connectivity index (χ0v) is 12.2. The molecule has 3 heterocycles. The molecule has 3 fully saturated rings. The zero-order chi connectivity index (χ0) is 13.3. The summed E-state index contributed by atoms with van der Waals surface area (Å²) in [5.41, 5.74) is 0.0133. The number of piperidine rings is 2. The molecule has 4 nitrogen and oxygen atoms in total. The number of rotatable bonds is 2. The Bertz CT molecular complexity index is 330. The van der Waals surface area contributed by atoms with Crippen molar-refractivity contribution in [3.05, 3.63) is 0 Å². The van der Waals surface area contributed by atoms with E-state index in [9.17, 15) is 4.79 Å². The van der Waals surface area contributed by atoms with Crippen molar-refractivity contribution >= 4 is 5.91 Å². The van der Waals surface area contributed by atoms with Crippen LogP contribution in [-0.2, 0) is 4.79 Å². The molecule has 1 N–H and O–H groups in total. The molecule has 3 rings (SSSR count). The molecule has 0 bridgehead atoms. The van der Waals surface area contributed by atoms with Crippen LogP contribution < -0.4 is 5.32 Å². The molecule has 19 heavy (non-hydrogen) atoms. The lowest BCUT2D eigenvalue weighted by atomic mass is 9.77. The molecule has 0 aromatic rings. The first-order valence-corrected chi connectivity index (χ1v) is 7.88. The van der Waals surface area contributed by atoms with Crippen LogP contribution in [0.4, 0.5) is 0 Å². The van der Waals surface area contributed by atoms with E-state index in [2.05, 4.69) is 10.2 Å².